The van der Waals surface area contributed by atoms with Crippen LogP contribution >= 0.6 is 36.9 Å². The molecule has 0 atom stereocenters. The SMILES string of the molecule is CCN(CC)CC.Clc1cccnc1.NC(=O)S.NC(=O)S. The summed E-state index contributed by atoms with van der Waals surface area (Å²) in [7, 11) is 0. The highest BCUT2D eigenvalue weighted by molar-refractivity contribution is 7.96. The lowest BCUT2D eigenvalue weighted by atomic mass is 10.5. The summed E-state index contributed by atoms with van der Waals surface area (Å²) in [5.41, 5.74) is 8.67. The molecular formula is C13H25ClN4O2S2. The number of aromatic nitrogens is 1. The molecule has 0 aliphatic rings. The predicted molar refractivity (Wildman–Crippen MR) is 99.8 cm³/mol. The molecule has 1 aromatic heterocycles. The van der Waals surface area contributed by atoms with E-state index in [1.165, 1.54) is 19.6 Å². The van der Waals surface area contributed by atoms with Gasteiger partial charge in [-0.1, -0.05) is 57.6 Å². The third-order valence-corrected chi connectivity index (χ3v) is 2.19. The fourth-order valence-corrected chi connectivity index (χ4v) is 1.14. The Kier molecular flexibility index (Phi) is 23.7. The minimum absolute atomic E-state index is 0.639. The average Bonchev–Trinajstić information content (AvgIpc) is 2.41. The maximum Gasteiger partial charge on any atom is 0.273 e. The van der Waals surface area contributed by atoms with Crippen molar-refractivity contribution < 1.29 is 9.59 Å². The van der Waals surface area contributed by atoms with Gasteiger partial charge in [-0.3, -0.25) is 14.6 Å². The van der Waals surface area contributed by atoms with Gasteiger partial charge < -0.3 is 16.4 Å². The van der Waals surface area contributed by atoms with Crippen LogP contribution in [0.2, 0.25) is 5.02 Å². The summed E-state index contributed by atoms with van der Waals surface area (Å²) < 4.78 is 0. The van der Waals surface area contributed by atoms with Crippen LogP contribution in [0.1, 0.15) is 20.8 Å². The van der Waals surface area contributed by atoms with Gasteiger partial charge in [-0.2, -0.15) is 0 Å². The molecule has 0 saturated carbocycles. The molecule has 6 nitrogen and oxygen atoms in total. The average molecular weight is 369 g/mol. The van der Waals surface area contributed by atoms with Gasteiger partial charge in [0.05, 0.1) is 5.02 Å². The Hall–Kier alpha value is -0.960. The number of thiol groups is 2. The van der Waals surface area contributed by atoms with E-state index >= 15 is 0 Å². The van der Waals surface area contributed by atoms with Crippen molar-refractivity contribution in [3.8, 4) is 0 Å². The first-order valence-corrected chi connectivity index (χ1v) is 7.72. The molecular weight excluding hydrogens is 344 g/mol. The van der Waals surface area contributed by atoms with Gasteiger partial charge in [-0.05, 0) is 31.8 Å². The van der Waals surface area contributed by atoms with Gasteiger partial charge in [0.1, 0.15) is 0 Å². The van der Waals surface area contributed by atoms with E-state index in [-0.39, 0.29) is 0 Å². The number of primary amides is 2. The van der Waals surface area contributed by atoms with Gasteiger partial charge in [0.25, 0.3) is 10.5 Å². The van der Waals surface area contributed by atoms with Crippen molar-refractivity contribution in [2.75, 3.05) is 19.6 Å². The Bertz CT molecular complexity index is 354. The zero-order valence-corrected chi connectivity index (χ0v) is 15.6. The van der Waals surface area contributed by atoms with E-state index in [2.05, 4.69) is 67.4 Å². The molecule has 1 rings (SSSR count). The first kappa shape index (κ1) is 26.0. The number of carbonyl (C=O) groups is 2. The van der Waals surface area contributed by atoms with Crippen LogP contribution in [0.5, 0.6) is 0 Å². The molecule has 22 heavy (non-hydrogen) atoms. The molecule has 0 fully saturated rings. The molecule has 0 aliphatic carbocycles. The fourth-order valence-electron chi connectivity index (χ4n) is 1.01. The van der Waals surface area contributed by atoms with Crippen molar-refractivity contribution in [1.82, 2.24) is 9.88 Å². The van der Waals surface area contributed by atoms with Crippen LogP contribution < -0.4 is 11.5 Å². The van der Waals surface area contributed by atoms with Crippen LogP contribution in [-0.4, -0.2) is 40.0 Å². The highest BCUT2D eigenvalue weighted by Crippen LogP contribution is 2.00. The predicted octanol–water partition coefficient (Wildman–Crippen LogP) is 3.07. The number of rotatable bonds is 3. The Morgan fingerprint density at radius 1 is 1.14 bits per heavy atom. The maximum atomic E-state index is 9.09. The smallest absolute Gasteiger partial charge is 0.273 e. The standard InChI is InChI=1S/C6H15N.C5H4ClN.2CH3NOS/c1-4-7(5-2)6-3;6-5-2-1-3-7-4-5;2*2-1(3)4/h4-6H2,1-3H3;1-4H;2*(H3,2,3,4). The number of nitrogens with zero attached hydrogens (tertiary/aromatic N) is 2. The van der Waals surface area contributed by atoms with E-state index in [0.29, 0.717) is 5.02 Å². The molecule has 0 radical (unpaired) electrons. The molecule has 1 heterocycles. The van der Waals surface area contributed by atoms with Gasteiger partial charge in [0.15, 0.2) is 0 Å². The van der Waals surface area contributed by atoms with E-state index < -0.39 is 10.5 Å². The quantitative estimate of drug-likeness (QED) is 0.615. The number of hydrogen-bond acceptors (Lipinski definition) is 4. The summed E-state index contributed by atoms with van der Waals surface area (Å²) in [5.74, 6) is 0. The van der Waals surface area contributed by atoms with Crippen LogP contribution in [-0.2, 0) is 0 Å². The lowest BCUT2D eigenvalue weighted by Crippen LogP contribution is -2.21. The topological polar surface area (TPSA) is 102 Å². The highest BCUT2D eigenvalue weighted by Gasteiger charge is 1.89. The van der Waals surface area contributed by atoms with Crippen LogP contribution in [0, 0.1) is 0 Å². The fraction of sp³-hybridized carbons (Fsp3) is 0.462. The first-order valence-electron chi connectivity index (χ1n) is 6.45. The molecule has 4 N–H and O–H groups in total. The van der Waals surface area contributed by atoms with E-state index in [1.807, 2.05) is 0 Å². The molecule has 128 valence electrons. The molecule has 0 aliphatic heterocycles. The Labute approximate surface area is 148 Å². The van der Waals surface area contributed by atoms with Gasteiger partial charge >= 0.3 is 0 Å². The summed E-state index contributed by atoms with van der Waals surface area (Å²) >= 11 is 11.7. The van der Waals surface area contributed by atoms with Crippen molar-refractivity contribution in [2.45, 2.75) is 20.8 Å². The second-order valence-corrected chi connectivity index (χ2v) is 4.79. The zero-order valence-electron chi connectivity index (χ0n) is 13.1. The normalized spacial score (nSPS) is 8.32. The van der Waals surface area contributed by atoms with Crippen molar-refractivity contribution in [3.63, 3.8) is 0 Å². The second-order valence-electron chi connectivity index (χ2n) is 3.47. The number of pyridine rings is 1. The van der Waals surface area contributed by atoms with E-state index in [0.717, 1.165) is 0 Å². The first-order chi connectivity index (χ1) is 10.2. The van der Waals surface area contributed by atoms with E-state index in [1.54, 1.807) is 24.5 Å². The Morgan fingerprint density at radius 3 is 1.59 bits per heavy atom. The van der Waals surface area contributed by atoms with Crippen molar-refractivity contribution in [3.05, 3.63) is 29.5 Å². The summed E-state index contributed by atoms with van der Waals surface area (Å²) in [6, 6.07) is 3.58. The van der Waals surface area contributed by atoms with Crippen LogP contribution in [0.3, 0.4) is 0 Å². The molecule has 0 bridgehead atoms. The number of carbonyl (C=O) groups excluding carboxylic acids is 2. The van der Waals surface area contributed by atoms with E-state index in [9.17, 15) is 0 Å². The summed E-state index contributed by atoms with van der Waals surface area (Å²) in [4.78, 5) is 24.3. The third-order valence-electron chi connectivity index (χ3n) is 1.97. The molecule has 0 saturated heterocycles. The van der Waals surface area contributed by atoms with E-state index in [4.69, 9.17) is 21.2 Å². The van der Waals surface area contributed by atoms with Gasteiger partial charge in [-0.25, -0.2) is 0 Å². The Morgan fingerprint density at radius 2 is 1.50 bits per heavy atom. The van der Waals surface area contributed by atoms with Gasteiger partial charge in [0, 0.05) is 12.4 Å². The Balaban J connectivity index is -0.000000228. The number of nitrogens with two attached hydrogens (primary N) is 2. The molecule has 2 amide bonds. The zero-order chi connectivity index (χ0) is 18.0. The van der Waals surface area contributed by atoms with Crippen molar-refractivity contribution in [1.29, 1.82) is 0 Å². The second kappa shape index (κ2) is 20.0. The highest BCUT2D eigenvalue weighted by atomic mass is 35.5. The van der Waals surface area contributed by atoms with Crippen molar-refractivity contribution in [2.24, 2.45) is 11.5 Å². The molecule has 0 unspecified atom stereocenters. The maximum absolute atomic E-state index is 9.09. The number of amides is 2. The minimum atomic E-state index is -0.639. The molecule has 0 spiro atoms. The number of hydrogen-bond donors (Lipinski definition) is 4. The number of halogens is 1. The molecule has 0 aromatic carbocycles. The summed E-state index contributed by atoms with van der Waals surface area (Å²) in [6.45, 7) is 10.1. The third kappa shape index (κ3) is 36.4. The molecule has 1 aromatic rings. The molecule has 9 heteroatoms. The van der Waals surface area contributed by atoms with Gasteiger partial charge in [0.2, 0.25) is 0 Å². The van der Waals surface area contributed by atoms with Crippen LogP contribution in [0.25, 0.3) is 0 Å². The lowest BCUT2D eigenvalue weighted by molar-refractivity contribution is 0.266. The minimum Gasteiger partial charge on any atom is -0.361 e. The summed E-state index contributed by atoms with van der Waals surface area (Å²) in [6.07, 6.45) is 3.29. The van der Waals surface area contributed by atoms with Gasteiger partial charge in [-0.15, -0.1) is 0 Å². The summed E-state index contributed by atoms with van der Waals surface area (Å²) in [5, 5.41) is -0.595. The lowest BCUT2D eigenvalue weighted by Gasteiger charge is -2.13. The van der Waals surface area contributed by atoms with Crippen molar-refractivity contribution >= 4 is 47.3 Å². The van der Waals surface area contributed by atoms with Crippen LogP contribution in [0.4, 0.5) is 9.59 Å². The largest absolute Gasteiger partial charge is 0.361 e. The van der Waals surface area contributed by atoms with Crippen LogP contribution in [0.15, 0.2) is 24.5 Å². The monoisotopic (exact) mass is 368 g/mol.